The summed E-state index contributed by atoms with van der Waals surface area (Å²) in [7, 11) is 0. The Kier molecular flexibility index (Phi) is 3.30. The molecular weight excluding hydrogens is 142 g/mol. The predicted octanol–water partition coefficient (Wildman–Crippen LogP) is 1.68. The van der Waals surface area contributed by atoms with Crippen molar-refractivity contribution in [2.75, 3.05) is 0 Å². The number of carbonyl (C=O) groups excluding carboxylic acids is 1. The van der Waals surface area contributed by atoms with Gasteiger partial charge in [-0.1, -0.05) is 0 Å². The Balaban J connectivity index is 3.13. The minimum absolute atomic E-state index is 0.414. The maximum absolute atomic E-state index is 11.1. The topological polar surface area (TPSA) is 17.1 Å². The van der Waals surface area contributed by atoms with E-state index in [1.807, 2.05) is 0 Å². The second kappa shape index (κ2) is 3.22. The summed E-state index contributed by atoms with van der Waals surface area (Å²) in [5.74, 6) is 0. The monoisotopic (exact) mass is 144 g/mol. The summed E-state index contributed by atoms with van der Waals surface area (Å²) in [4.78, 5) is 8.51. The number of hydrogen-bond acceptors (Lipinski definition) is 1. The molecule has 1 nitrogen and oxygen atoms in total. The highest BCUT2D eigenvalue weighted by Crippen LogP contribution is 2.06. The molecule has 0 rings (SSSR count). The number of halogens is 3. The first-order chi connectivity index (χ1) is 3.13. The highest BCUT2D eigenvalue weighted by atomic mass is 35.5. The maximum atomic E-state index is 11.1. The standard InChI is InChI=1S/C3H3Cl2FO/c4-2(5)1-3(6)7/h2H,1H2. The molecule has 0 N–H and O–H groups in total. The van der Waals surface area contributed by atoms with Crippen LogP contribution in [0.25, 0.3) is 0 Å². The van der Waals surface area contributed by atoms with E-state index in [2.05, 4.69) is 0 Å². The van der Waals surface area contributed by atoms with Crippen molar-refractivity contribution < 1.29 is 9.18 Å². The van der Waals surface area contributed by atoms with Gasteiger partial charge in [0.1, 0.15) is 4.84 Å². The van der Waals surface area contributed by atoms with Crippen molar-refractivity contribution in [2.24, 2.45) is 0 Å². The summed E-state index contributed by atoms with van der Waals surface area (Å²) in [6.45, 7) is 0. The van der Waals surface area contributed by atoms with Gasteiger partial charge in [-0.25, -0.2) is 0 Å². The van der Waals surface area contributed by atoms with Crippen LogP contribution in [0.4, 0.5) is 4.39 Å². The zero-order valence-corrected chi connectivity index (χ0v) is 4.84. The van der Waals surface area contributed by atoms with Crippen LogP contribution in [-0.2, 0) is 4.79 Å². The zero-order chi connectivity index (χ0) is 5.86. The SMILES string of the molecule is O=C(F)CC(Cl)Cl. The summed E-state index contributed by atoms with van der Waals surface area (Å²) in [6, 6.07) is -1.48. The lowest BCUT2D eigenvalue weighted by Gasteiger charge is -1.87. The van der Waals surface area contributed by atoms with Crippen molar-refractivity contribution in [3.8, 4) is 0 Å². The van der Waals surface area contributed by atoms with Gasteiger partial charge >= 0.3 is 6.04 Å². The van der Waals surface area contributed by atoms with Crippen molar-refractivity contribution in [3.05, 3.63) is 0 Å². The molecular formula is C3H3Cl2FO. The lowest BCUT2D eigenvalue weighted by Crippen LogP contribution is -1.94. The Bertz CT molecular complexity index is 73.3. The van der Waals surface area contributed by atoms with Crippen LogP contribution < -0.4 is 0 Å². The normalized spacial score (nSPS) is 9.71. The highest BCUT2D eigenvalue weighted by Gasteiger charge is 2.04. The third kappa shape index (κ3) is 6.18. The second-order valence-corrected chi connectivity index (χ2v) is 2.23. The van der Waals surface area contributed by atoms with Crippen molar-refractivity contribution in [1.29, 1.82) is 0 Å². The molecule has 0 saturated heterocycles. The van der Waals surface area contributed by atoms with Gasteiger partial charge in [0.2, 0.25) is 0 Å². The van der Waals surface area contributed by atoms with E-state index >= 15 is 0 Å². The number of hydrogen-bond donors (Lipinski definition) is 0. The average Bonchev–Trinajstić information content (AvgIpc) is 1.27. The van der Waals surface area contributed by atoms with Gasteiger partial charge in [0.05, 0.1) is 6.42 Å². The smallest absolute Gasteiger partial charge is 0.261 e. The molecule has 0 spiro atoms. The summed E-state index contributed by atoms with van der Waals surface area (Å²) in [5.41, 5.74) is 0. The van der Waals surface area contributed by atoms with Gasteiger partial charge in [0, 0.05) is 0 Å². The molecule has 0 aromatic rings. The van der Waals surface area contributed by atoms with Crippen LogP contribution in [-0.4, -0.2) is 10.9 Å². The molecule has 0 aliphatic heterocycles. The predicted molar refractivity (Wildman–Crippen MR) is 26.2 cm³/mol. The van der Waals surface area contributed by atoms with Crippen molar-refractivity contribution in [3.63, 3.8) is 0 Å². The van der Waals surface area contributed by atoms with E-state index in [9.17, 15) is 9.18 Å². The summed E-state index contributed by atoms with van der Waals surface area (Å²) in [5, 5.41) is 0. The van der Waals surface area contributed by atoms with Gasteiger partial charge < -0.3 is 0 Å². The summed E-state index contributed by atoms with van der Waals surface area (Å²) < 4.78 is 11.1. The number of carbonyl (C=O) groups is 1. The fourth-order valence-corrected chi connectivity index (χ4v) is 0.364. The molecule has 0 fully saturated rings. The third-order valence-corrected chi connectivity index (χ3v) is 0.623. The quantitative estimate of drug-likeness (QED) is 0.426. The van der Waals surface area contributed by atoms with Crippen LogP contribution in [0.15, 0.2) is 0 Å². The molecule has 0 atom stereocenters. The van der Waals surface area contributed by atoms with E-state index < -0.39 is 17.3 Å². The van der Waals surface area contributed by atoms with E-state index in [1.165, 1.54) is 0 Å². The number of alkyl halides is 2. The molecule has 0 aliphatic carbocycles. The Labute approximate surface area is 50.4 Å². The van der Waals surface area contributed by atoms with Gasteiger partial charge in [-0.2, -0.15) is 4.39 Å². The van der Waals surface area contributed by atoms with Crippen LogP contribution in [0.5, 0.6) is 0 Å². The molecule has 0 aromatic heterocycles. The van der Waals surface area contributed by atoms with Crippen molar-refractivity contribution >= 4 is 29.2 Å². The largest absolute Gasteiger partial charge is 0.304 e. The molecule has 0 radical (unpaired) electrons. The van der Waals surface area contributed by atoms with E-state index in [4.69, 9.17) is 23.2 Å². The van der Waals surface area contributed by atoms with E-state index in [1.54, 1.807) is 0 Å². The van der Waals surface area contributed by atoms with Crippen LogP contribution in [0, 0.1) is 0 Å². The Morgan fingerprint density at radius 3 is 2.14 bits per heavy atom. The summed E-state index contributed by atoms with van der Waals surface area (Å²) in [6.07, 6.45) is -0.414. The second-order valence-electron chi connectivity index (χ2n) is 0.950. The van der Waals surface area contributed by atoms with Crippen LogP contribution >= 0.6 is 23.2 Å². The first kappa shape index (κ1) is 7.18. The van der Waals surface area contributed by atoms with Crippen LogP contribution in [0.1, 0.15) is 6.42 Å². The molecule has 7 heavy (non-hydrogen) atoms. The molecule has 0 unspecified atom stereocenters. The first-order valence-corrected chi connectivity index (χ1v) is 2.46. The van der Waals surface area contributed by atoms with Gasteiger partial charge in [-0.3, -0.25) is 4.79 Å². The molecule has 4 heteroatoms. The lowest BCUT2D eigenvalue weighted by molar-refractivity contribution is -0.128. The molecule has 0 saturated carbocycles. The van der Waals surface area contributed by atoms with Crippen molar-refractivity contribution in [1.82, 2.24) is 0 Å². The Hall–Kier alpha value is 0.180. The van der Waals surface area contributed by atoms with Gasteiger partial charge in [0.15, 0.2) is 0 Å². The van der Waals surface area contributed by atoms with Gasteiger partial charge in [0.25, 0.3) is 0 Å². The molecule has 42 valence electrons. The van der Waals surface area contributed by atoms with Crippen LogP contribution in [0.2, 0.25) is 0 Å². The van der Waals surface area contributed by atoms with Gasteiger partial charge in [-0.15, -0.1) is 23.2 Å². The fourth-order valence-electron chi connectivity index (χ4n) is 0.121. The average molecular weight is 145 g/mol. The third-order valence-electron chi connectivity index (χ3n) is 0.315. The van der Waals surface area contributed by atoms with Crippen molar-refractivity contribution in [2.45, 2.75) is 11.3 Å². The first-order valence-electron chi connectivity index (χ1n) is 1.59. The van der Waals surface area contributed by atoms with E-state index in [-0.39, 0.29) is 0 Å². The highest BCUT2D eigenvalue weighted by molar-refractivity contribution is 6.44. The molecule has 0 aromatic carbocycles. The van der Waals surface area contributed by atoms with E-state index in [0.717, 1.165) is 0 Å². The molecule has 0 heterocycles. The molecule has 0 aliphatic rings. The maximum Gasteiger partial charge on any atom is 0.304 e. The van der Waals surface area contributed by atoms with Crippen LogP contribution in [0.3, 0.4) is 0 Å². The molecule has 0 bridgehead atoms. The fraction of sp³-hybridized carbons (Fsp3) is 0.667. The van der Waals surface area contributed by atoms with E-state index in [0.29, 0.717) is 0 Å². The lowest BCUT2D eigenvalue weighted by atomic mass is 10.5. The Morgan fingerprint density at radius 2 is 2.14 bits per heavy atom. The minimum Gasteiger partial charge on any atom is -0.261 e. The zero-order valence-electron chi connectivity index (χ0n) is 3.33. The Morgan fingerprint density at radius 1 is 1.71 bits per heavy atom. The number of rotatable bonds is 2. The summed E-state index contributed by atoms with van der Waals surface area (Å²) >= 11 is 9.95. The van der Waals surface area contributed by atoms with Gasteiger partial charge in [-0.05, 0) is 0 Å². The minimum atomic E-state index is -1.48. The molecule has 0 amide bonds.